The number of phenolic OH excluding ortho intramolecular Hbond substituents is 1. The predicted molar refractivity (Wildman–Crippen MR) is 76.2 cm³/mol. The lowest BCUT2D eigenvalue weighted by Crippen LogP contribution is -1.91. The van der Waals surface area contributed by atoms with Gasteiger partial charge >= 0.3 is 0 Å². The fourth-order valence-corrected chi connectivity index (χ4v) is 2.12. The van der Waals surface area contributed by atoms with Crippen molar-refractivity contribution in [1.29, 1.82) is 0 Å². The van der Waals surface area contributed by atoms with Crippen LogP contribution >= 0.6 is 11.6 Å². The summed E-state index contributed by atoms with van der Waals surface area (Å²) in [5, 5.41) is 13.3. The molecule has 5 nitrogen and oxygen atoms in total. The fourth-order valence-electron chi connectivity index (χ4n) is 1.85. The Balaban J connectivity index is 2.06. The Morgan fingerprint density at radius 2 is 2.05 bits per heavy atom. The minimum absolute atomic E-state index is 0.140. The van der Waals surface area contributed by atoms with Gasteiger partial charge in [-0.1, -0.05) is 22.8 Å². The monoisotopic (exact) mass is 305 g/mol. The van der Waals surface area contributed by atoms with Crippen LogP contribution in [0.15, 0.2) is 40.9 Å². The lowest BCUT2D eigenvalue weighted by atomic mass is 10.1. The second-order valence-electron chi connectivity index (χ2n) is 4.29. The normalized spacial score (nSPS) is 10.8. The number of nitrogen functional groups attached to an aromatic ring is 1. The maximum absolute atomic E-state index is 13.3. The Bertz CT molecular complexity index is 799. The Labute approximate surface area is 123 Å². The van der Waals surface area contributed by atoms with E-state index < -0.39 is 11.6 Å². The molecule has 0 spiro atoms. The maximum atomic E-state index is 13.3. The van der Waals surface area contributed by atoms with Gasteiger partial charge in [-0.2, -0.15) is 4.98 Å². The summed E-state index contributed by atoms with van der Waals surface area (Å²) in [6, 6.07) is 8.81. The molecule has 0 fully saturated rings. The van der Waals surface area contributed by atoms with E-state index in [2.05, 4.69) is 10.1 Å². The molecule has 0 saturated carbocycles. The van der Waals surface area contributed by atoms with Gasteiger partial charge in [-0.25, -0.2) is 4.39 Å². The third-order valence-corrected chi connectivity index (χ3v) is 3.21. The molecule has 3 rings (SSSR count). The number of benzene rings is 2. The molecular weight excluding hydrogens is 297 g/mol. The molecule has 0 aliphatic heterocycles. The van der Waals surface area contributed by atoms with Crippen molar-refractivity contribution in [3.8, 4) is 28.6 Å². The number of nitrogens with two attached hydrogens (primary N) is 1. The minimum atomic E-state index is -0.767. The second-order valence-corrected chi connectivity index (χ2v) is 4.70. The molecule has 7 heteroatoms. The smallest absolute Gasteiger partial charge is 0.261 e. The zero-order valence-corrected chi connectivity index (χ0v) is 11.3. The molecule has 106 valence electrons. The van der Waals surface area contributed by atoms with Crippen molar-refractivity contribution < 1.29 is 14.0 Å². The Kier molecular flexibility index (Phi) is 3.23. The molecular formula is C14H9ClFN3O2. The van der Waals surface area contributed by atoms with Crippen LogP contribution in [0.1, 0.15) is 0 Å². The SMILES string of the molecule is Nc1cccc(Cl)c1-c1nc(-c2ccc(O)c(F)c2)no1. The topological polar surface area (TPSA) is 85.2 Å². The van der Waals surface area contributed by atoms with Gasteiger partial charge in [-0.3, -0.25) is 0 Å². The summed E-state index contributed by atoms with van der Waals surface area (Å²) in [4.78, 5) is 4.15. The van der Waals surface area contributed by atoms with Crippen LogP contribution in [0.4, 0.5) is 10.1 Å². The van der Waals surface area contributed by atoms with Gasteiger partial charge < -0.3 is 15.4 Å². The molecule has 0 bridgehead atoms. The summed E-state index contributed by atoms with van der Waals surface area (Å²) in [5.41, 5.74) is 7.03. The third-order valence-electron chi connectivity index (χ3n) is 2.89. The zero-order chi connectivity index (χ0) is 15.0. The van der Waals surface area contributed by atoms with Crippen LogP contribution in [0.2, 0.25) is 5.02 Å². The first-order valence-corrected chi connectivity index (χ1v) is 6.31. The molecule has 3 N–H and O–H groups in total. The second kappa shape index (κ2) is 5.06. The highest BCUT2D eigenvalue weighted by atomic mass is 35.5. The molecule has 2 aromatic carbocycles. The number of aromatic hydroxyl groups is 1. The summed E-state index contributed by atoms with van der Waals surface area (Å²) in [6.07, 6.45) is 0. The maximum Gasteiger partial charge on any atom is 0.261 e. The highest BCUT2D eigenvalue weighted by Gasteiger charge is 2.16. The summed E-state index contributed by atoms with van der Waals surface area (Å²) in [7, 11) is 0. The van der Waals surface area contributed by atoms with Gasteiger partial charge in [0.25, 0.3) is 5.89 Å². The van der Waals surface area contributed by atoms with E-state index in [9.17, 15) is 9.50 Å². The number of halogens is 2. The van der Waals surface area contributed by atoms with Crippen molar-refractivity contribution in [3.63, 3.8) is 0 Å². The van der Waals surface area contributed by atoms with Crippen LogP contribution in [0.25, 0.3) is 22.8 Å². The van der Waals surface area contributed by atoms with Gasteiger partial charge in [0.1, 0.15) is 0 Å². The first-order valence-electron chi connectivity index (χ1n) is 5.93. The summed E-state index contributed by atoms with van der Waals surface area (Å²) >= 11 is 6.06. The minimum Gasteiger partial charge on any atom is -0.505 e. The average Bonchev–Trinajstić information content (AvgIpc) is 2.91. The summed E-state index contributed by atoms with van der Waals surface area (Å²) in [5.74, 6) is -0.904. The van der Waals surface area contributed by atoms with Crippen LogP contribution < -0.4 is 5.73 Å². The predicted octanol–water partition coefficient (Wildman–Crippen LogP) is 3.48. The van der Waals surface area contributed by atoms with Crippen molar-refractivity contribution in [2.24, 2.45) is 0 Å². The molecule has 0 aliphatic carbocycles. The molecule has 0 amide bonds. The van der Waals surface area contributed by atoms with E-state index in [1.165, 1.54) is 12.1 Å². The molecule has 21 heavy (non-hydrogen) atoms. The van der Waals surface area contributed by atoms with E-state index in [-0.39, 0.29) is 11.7 Å². The van der Waals surface area contributed by atoms with Crippen LogP contribution in [-0.2, 0) is 0 Å². The Morgan fingerprint density at radius 3 is 2.76 bits per heavy atom. The first-order chi connectivity index (χ1) is 10.1. The van der Waals surface area contributed by atoms with E-state index in [0.29, 0.717) is 21.8 Å². The van der Waals surface area contributed by atoms with Crippen LogP contribution in [0.5, 0.6) is 5.75 Å². The molecule has 0 radical (unpaired) electrons. The van der Waals surface area contributed by atoms with E-state index in [4.69, 9.17) is 21.9 Å². The Morgan fingerprint density at radius 1 is 1.24 bits per heavy atom. The average molecular weight is 306 g/mol. The lowest BCUT2D eigenvalue weighted by Gasteiger charge is -2.01. The highest BCUT2D eigenvalue weighted by Crippen LogP contribution is 2.33. The fraction of sp³-hybridized carbons (Fsp3) is 0. The standard InChI is InChI=1S/C14H9ClFN3O2/c15-8-2-1-3-10(17)12(8)14-18-13(19-21-14)7-4-5-11(20)9(16)6-7/h1-6,20H,17H2. The van der Waals surface area contributed by atoms with Crippen molar-refractivity contribution in [2.75, 3.05) is 5.73 Å². The zero-order valence-electron chi connectivity index (χ0n) is 10.5. The van der Waals surface area contributed by atoms with Crippen molar-refractivity contribution in [3.05, 3.63) is 47.2 Å². The number of hydrogen-bond acceptors (Lipinski definition) is 5. The largest absolute Gasteiger partial charge is 0.505 e. The van der Waals surface area contributed by atoms with Crippen molar-refractivity contribution in [2.45, 2.75) is 0 Å². The Hall–Kier alpha value is -2.60. The van der Waals surface area contributed by atoms with Crippen molar-refractivity contribution >= 4 is 17.3 Å². The van der Waals surface area contributed by atoms with Crippen LogP contribution in [-0.4, -0.2) is 15.2 Å². The van der Waals surface area contributed by atoms with Gasteiger partial charge in [0.05, 0.1) is 10.6 Å². The van der Waals surface area contributed by atoms with E-state index in [0.717, 1.165) is 6.07 Å². The lowest BCUT2D eigenvalue weighted by molar-refractivity contribution is 0.430. The summed E-state index contributed by atoms with van der Waals surface area (Å²) < 4.78 is 18.5. The van der Waals surface area contributed by atoms with Gasteiger partial charge in [-0.15, -0.1) is 0 Å². The molecule has 3 aromatic rings. The highest BCUT2D eigenvalue weighted by molar-refractivity contribution is 6.33. The number of aromatic nitrogens is 2. The number of rotatable bonds is 2. The molecule has 0 atom stereocenters. The van der Waals surface area contributed by atoms with Gasteiger partial charge in [-0.05, 0) is 30.3 Å². The number of nitrogens with zero attached hydrogens (tertiary/aromatic N) is 2. The van der Waals surface area contributed by atoms with E-state index >= 15 is 0 Å². The third kappa shape index (κ3) is 2.41. The van der Waals surface area contributed by atoms with Crippen LogP contribution in [0, 0.1) is 5.82 Å². The van der Waals surface area contributed by atoms with Gasteiger partial charge in [0, 0.05) is 11.3 Å². The van der Waals surface area contributed by atoms with E-state index in [1.54, 1.807) is 18.2 Å². The summed E-state index contributed by atoms with van der Waals surface area (Å²) in [6.45, 7) is 0. The van der Waals surface area contributed by atoms with E-state index in [1.807, 2.05) is 0 Å². The number of anilines is 1. The molecule has 0 saturated heterocycles. The first kappa shape index (κ1) is 13.4. The van der Waals surface area contributed by atoms with Crippen LogP contribution in [0.3, 0.4) is 0 Å². The molecule has 0 unspecified atom stereocenters. The molecule has 1 aromatic heterocycles. The molecule has 0 aliphatic rings. The number of hydrogen-bond donors (Lipinski definition) is 2. The number of phenols is 1. The van der Waals surface area contributed by atoms with Gasteiger partial charge in [0.15, 0.2) is 11.6 Å². The van der Waals surface area contributed by atoms with Crippen molar-refractivity contribution in [1.82, 2.24) is 10.1 Å². The quantitative estimate of drug-likeness (QED) is 0.708. The molecule has 1 heterocycles. The van der Waals surface area contributed by atoms with Gasteiger partial charge in [0.2, 0.25) is 5.82 Å².